The number of rotatable bonds is 6. The van der Waals surface area contributed by atoms with Crippen molar-refractivity contribution in [1.29, 1.82) is 0 Å². The van der Waals surface area contributed by atoms with Gasteiger partial charge in [0.05, 0.1) is 17.2 Å². The molecule has 0 unspecified atom stereocenters. The highest BCUT2D eigenvalue weighted by Crippen LogP contribution is 2.18. The molecular weight excluding hydrogens is 366 g/mol. The molecule has 0 aliphatic rings. The summed E-state index contributed by atoms with van der Waals surface area (Å²) in [6.45, 7) is -0.293. The summed E-state index contributed by atoms with van der Waals surface area (Å²) in [6, 6.07) is 13.0. The van der Waals surface area contributed by atoms with Crippen LogP contribution >= 0.6 is 15.9 Å². The first-order valence-corrected chi connectivity index (χ1v) is 7.28. The highest BCUT2D eigenvalue weighted by atomic mass is 79.9. The van der Waals surface area contributed by atoms with Crippen LogP contribution in [0.1, 0.15) is 5.56 Å². The average molecular weight is 378 g/mol. The maximum absolute atomic E-state index is 11.6. The number of ether oxygens (including phenoxy) is 1. The molecular formula is C15H12BrN3O4. The number of carbonyl (C=O) groups excluding carboxylic acids is 1. The van der Waals surface area contributed by atoms with Crippen LogP contribution in [-0.4, -0.2) is 23.7 Å². The highest BCUT2D eigenvalue weighted by molar-refractivity contribution is 9.10. The first-order valence-electron chi connectivity index (χ1n) is 6.49. The minimum absolute atomic E-state index is 0.101. The number of nitro groups is 1. The van der Waals surface area contributed by atoms with Crippen LogP contribution in [0.15, 0.2) is 58.1 Å². The maximum Gasteiger partial charge on any atom is 0.277 e. The van der Waals surface area contributed by atoms with Gasteiger partial charge in [0, 0.05) is 10.5 Å². The van der Waals surface area contributed by atoms with Crippen molar-refractivity contribution in [2.45, 2.75) is 0 Å². The molecule has 23 heavy (non-hydrogen) atoms. The lowest BCUT2D eigenvalue weighted by atomic mass is 10.2. The number of hydrogen-bond donors (Lipinski definition) is 1. The van der Waals surface area contributed by atoms with Crippen LogP contribution in [-0.2, 0) is 4.79 Å². The van der Waals surface area contributed by atoms with E-state index in [0.717, 1.165) is 10.0 Å². The van der Waals surface area contributed by atoms with E-state index < -0.39 is 10.8 Å². The van der Waals surface area contributed by atoms with Crippen LogP contribution in [0.2, 0.25) is 0 Å². The fourth-order valence-electron chi connectivity index (χ4n) is 1.60. The third-order valence-electron chi connectivity index (χ3n) is 2.67. The Hall–Kier alpha value is -2.74. The predicted octanol–water partition coefficient (Wildman–Crippen LogP) is 2.89. The zero-order valence-electron chi connectivity index (χ0n) is 11.8. The SMILES string of the molecule is O=C(COc1cccc([N+](=O)[O-])c1)N/N=C\c1ccc(Br)cc1. The Labute approximate surface area is 140 Å². The van der Waals surface area contributed by atoms with Crippen LogP contribution in [0.5, 0.6) is 5.75 Å². The van der Waals surface area contributed by atoms with Crippen LogP contribution in [0.25, 0.3) is 0 Å². The Morgan fingerprint density at radius 1 is 1.30 bits per heavy atom. The van der Waals surface area contributed by atoms with E-state index in [4.69, 9.17) is 4.74 Å². The number of carbonyl (C=O) groups is 1. The van der Waals surface area contributed by atoms with E-state index in [-0.39, 0.29) is 18.0 Å². The minimum Gasteiger partial charge on any atom is -0.483 e. The Kier molecular flexibility index (Phi) is 5.81. The van der Waals surface area contributed by atoms with Crippen LogP contribution in [0.4, 0.5) is 5.69 Å². The second kappa shape index (κ2) is 8.04. The fourth-order valence-corrected chi connectivity index (χ4v) is 1.86. The smallest absolute Gasteiger partial charge is 0.277 e. The van der Waals surface area contributed by atoms with E-state index in [9.17, 15) is 14.9 Å². The fraction of sp³-hybridized carbons (Fsp3) is 0.0667. The zero-order chi connectivity index (χ0) is 16.7. The number of hydrazone groups is 1. The molecule has 1 N–H and O–H groups in total. The summed E-state index contributed by atoms with van der Waals surface area (Å²) in [5.74, 6) is -0.226. The molecule has 0 aliphatic heterocycles. The van der Waals surface area contributed by atoms with Gasteiger partial charge in [-0.05, 0) is 23.8 Å². The second-order valence-corrected chi connectivity index (χ2v) is 5.30. The number of amides is 1. The van der Waals surface area contributed by atoms with Crippen molar-refractivity contribution in [2.75, 3.05) is 6.61 Å². The summed E-state index contributed by atoms with van der Waals surface area (Å²) in [7, 11) is 0. The molecule has 0 spiro atoms. The van der Waals surface area contributed by atoms with Crippen LogP contribution in [0.3, 0.4) is 0 Å². The highest BCUT2D eigenvalue weighted by Gasteiger charge is 2.07. The molecule has 2 aromatic carbocycles. The molecule has 118 valence electrons. The molecule has 1 amide bonds. The number of benzene rings is 2. The molecule has 0 saturated heterocycles. The van der Waals surface area contributed by atoms with Crippen molar-refractivity contribution in [3.63, 3.8) is 0 Å². The number of nitro benzene ring substituents is 1. The van der Waals surface area contributed by atoms with Crippen molar-refractivity contribution in [3.8, 4) is 5.75 Å². The van der Waals surface area contributed by atoms with Gasteiger partial charge >= 0.3 is 0 Å². The number of non-ortho nitro benzene ring substituents is 1. The standard InChI is InChI=1S/C15H12BrN3O4/c16-12-6-4-11(5-7-12)9-17-18-15(20)10-23-14-3-1-2-13(8-14)19(21)22/h1-9H,10H2,(H,18,20)/b17-9-. The number of hydrogen-bond acceptors (Lipinski definition) is 5. The summed E-state index contributed by atoms with van der Waals surface area (Å²) < 4.78 is 6.13. The molecule has 0 fully saturated rings. The van der Waals surface area contributed by atoms with Gasteiger partial charge in [-0.25, -0.2) is 5.43 Å². The van der Waals surface area contributed by atoms with Crippen molar-refractivity contribution < 1.29 is 14.5 Å². The zero-order valence-corrected chi connectivity index (χ0v) is 13.4. The molecule has 2 rings (SSSR count). The Balaban J connectivity index is 1.82. The van der Waals surface area contributed by atoms with Gasteiger partial charge in [-0.15, -0.1) is 0 Å². The summed E-state index contributed by atoms with van der Waals surface area (Å²) in [6.07, 6.45) is 1.50. The third kappa shape index (κ3) is 5.51. The lowest BCUT2D eigenvalue weighted by Gasteiger charge is -2.04. The first kappa shape index (κ1) is 16.6. The van der Waals surface area contributed by atoms with E-state index >= 15 is 0 Å². The monoisotopic (exact) mass is 377 g/mol. The number of halogens is 1. The predicted molar refractivity (Wildman–Crippen MR) is 88.5 cm³/mol. The Morgan fingerprint density at radius 2 is 2.04 bits per heavy atom. The topological polar surface area (TPSA) is 93.8 Å². The Bertz CT molecular complexity index is 732. The maximum atomic E-state index is 11.6. The molecule has 0 heterocycles. The molecule has 0 aliphatic carbocycles. The van der Waals surface area contributed by atoms with Crippen molar-refractivity contribution >= 4 is 33.7 Å². The van der Waals surface area contributed by atoms with Crippen LogP contribution in [0, 0.1) is 10.1 Å². The van der Waals surface area contributed by atoms with Crippen molar-refractivity contribution in [2.24, 2.45) is 5.10 Å². The van der Waals surface area contributed by atoms with Gasteiger partial charge in [-0.2, -0.15) is 5.10 Å². The molecule has 8 heteroatoms. The van der Waals surface area contributed by atoms with Gasteiger partial charge < -0.3 is 4.74 Å². The first-order chi connectivity index (χ1) is 11.0. The summed E-state index contributed by atoms with van der Waals surface area (Å²) in [5, 5.41) is 14.4. The van der Waals surface area contributed by atoms with Gasteiger partial charge in [0.25, 0.3) is 11.6 Å². The lowest BCUT2D eigenvalue weighted by Crippen LogP contribution is -2.24. The molecule has 0 aromatic heterocycles. The van der Waals surface area contributed by atoms with E-state index in [1.54, 1.807) is 0 Å². The van der Waals surface area contributed by atoms with Crippen LogP contribution < -0.4 is 10.2 Å². The number of nitrogens with zero attached hydrogens (tertiary/aromatic N) is 2. The third-order valence-corrected chi connectivity index (χ3v) is 3.20. The van der Waals surface area contributed by atoms with Crippen molar-refractivity contribution in [3.05, 3.63) is 68.7 Å². The summed E-state index contributed by atoms with van der Waals surface area (Å²) in [4.78, 5) is 21.7. The Morgan fingerprint density at radius 3 is 2.74 bits per heavy atom. The lowest BCUT2D eigenvalue weighted by molar-refractivity contribution is -0.384. The largest absolute Gasteiger partial charge is 0.483 e. The molecule has 7 nitrogen and oxygen atoms in total. The van der Waals surface area contributed by atoms with Gasteiger partial charge in [0.15, 0.2) is 6.61 Å². The summed E-state index contributed by atoms with van der Waals surface area (Å²) in [5.41, 5.74) is 3.04. The molecule has 0 radical (unpaired) electrons. The molecule has 0 saturated carbocycles. The van der Waals surface area contributed by atoms with E-state index in [1.807, 2.05) is 24.3 Å². The average Bonchev–Trinajstić information content (AvgIpc) is 2.55. The number of nitrogens with one attached hydrogen (secondary N) is 1. The molecule has 0 atom stereocenters. The van der Waals surface area contributed by atoms with E-state index in [1.165, 1.54) is 30.5 Å². The molecule has 2 aromatic rings. The second-order valence-electron chi connectivity index (χ2n) is 4.39. The van der Waals surface area contributed by atoms with Gasteiger partial charge in [0.1, 0.15) is 5.75 Å². The van der Waals surface area contributed by atoms with Gasteiger partial charge in [0.2, 0.25) is 0 Å². The van der Waals surface area contributed by atoms with E-state index in [2.05, 4.69) is 26.5 Å². The van der Waals surface area contributed by atoms with Crippen molar-refractivity contribution in [1.82, 2.24) is 5.43 Å². The quantitative estimate of drug-likeness (QED) is 0.475. The minimum atomic E-state index is -0.532. The molecule has 0 bridgehead atoms. The van der Waals surface area contributed by atoms with Gasteiger partial charge in [-0.3, -0.25) is 14.9 Å². The summed E-state index contributed by atoms with van der Waals surface area (Å²) >= 11 is 3.32. The van der Waals surface area contributed by atoms with Gasteiger partial charge in [-0.1, -0.05) is 34.1 Å². The van der Waals surface area contributed by atoms with E-state index in [0.29, 0.717) is 0 Å². The normalized spacial score (nSPS) is 10.5.